The van der Waals surface area contributed by atoms with Crippen molar-refractivity contribution in [2.75, 3.05) is 13.4 Å². The fourth-order valence-electron chi connectivity index (χ4n) is 3.93. The van der Waals surface area contributed by atoms with E-state index in [1.54, 1.807) is 18.2 Å². The maximum atomic E-state index is 12.9. The third-order valence-corrected chi connectivity index (χ3v) is 5.76. The fourth-order valence-corrected chi connectivity index (χ4v) is 4.06. The summed E-state index contributed by atoms with van der Waals surface area (Å²) in [6, 6.07) is 12.8. The molecule has 1 aliphatic carbocycles. The van der Waals surface area contributed by atoms with E-state index in [1.165, 1.54) is 0 Å². The van der Waals surface area contributed by atoms with Crippen molar-refractivity contribution < 1.29 is 23.8 Å². The van der Waals surface area contributed by atoms with Crippen LogP contribution in [0.15, 0.2) is 42.5 Å². The number of hydrogen-bond acceptors (Lipinski definition) is 5. The zero-order valence-corrected chi connectivity index (χ0v) is 16.7. The molecule has 2 aromatic carbocycles. The van der Waals surface area contributed by atoms with Crippen LogP contribution in [0.2, 0.25) is 5.02 Å². The molecular weight excluding hydrogens is 394 g/mol. The predicted molar refractivity (Wildman–Crippen MR) is 107 cm³/mol. The minimum absolute atomic E-state index is 0.205. The van der Waals surface area contributed by atoms with E-state index < -0.39 is 5.41 Å². The lowest BCUT2D eigenvalue weighted by molar-refractivity contribution is -0.154. The van der Waals surface area contributed by atoms with E-state index >= 15 is 0 Å². The first-order valence-corrected chi connectivity index (χ1v) is 10.0. The van der Waals surface area contributed by atoms with Crippen LogP contribution in [0, 0.1) is 0 Å². The molecule has 0 spiro atoms. The predicted octanol–water partition coefficient (Wildman–Crippen LogP) is 3.74. The summed E-state index contributed by atoms with van der Waals surface area (Å²) < 4.78 is 16.0. The lowest BCUT2D eigenvalue weighted by atomic mass is 9.79. The normalized spacial score (nSPS) is 16.4. The number of esters is 1. The number of hydrogen-bond donors (Lipinski definition) is 1. The third-order valence-electron chi connectivity index (χ3n) is 5.51. The Labute approximate surface area is 174 Å². The minimum Gasteiger partial charge on any atom is -0.455 e. The first kappa shape index (κ1) is 19.6. The Morgan fingerprint density at radius 2 is 1.76 bits per heavy atom. The van der Waals surface area contributed by atoms with E-state index in [-0.39, 0.29) is 25.3 Å². The van der Waals surface area contributed by atoms with Gasteiger partial charge in [-0.3, -0.25) is 9.59 Å². The second kappa shape index (κ2) is 8.33. The largest absolute Gasteiger partial charge is 0.455 e. The number of halogens is 1. The van der Waals surface area contributed by atoms with Crippen LogP contribution >= 0.6 is 11.6 Å². The molecule has 1 saturated carbocycles. The maximum absolute atomic E-state index is 12.9. The van der Waals surface area contributed by atoms with Gasteiger partial charge in [-0.05, 0) is 48.2 Å². The molecule has 2 aromatic rings. The number of rotatable bonds is 6. The Morgan fingerprint density at radius 3 is 2.52 bits per heavy atom. The van der Waals surface area contributed by atoms with Crippen molar-refractivity contribution in [3.8, 4) is 11.5 Å². The first-order valence-electron chi connectivity index (χ1n) is 9.65. The third kappa shape index (κ3) is 4.17. The van der Waals surface area contributed by atoms with Gasteiger partial charge in [0.25, 0.3) is 5.91 Å². The van der Waals surface area contributed by atoms with Gasteiger partial charge >= 0.3 is 5.97 Å². The van der Waals surface area contributed by atoms with Crippen LogP contribution < -0.4 is 14.8 Å². The molecule has 0 atom stereocenters. The lowest BCUT2D eigenvalue weighted by Gasteiger charge is -2.27. The fraction of sp³-hybridized carbons (Fsp3) is 0.364. The summed E-state index contributed by atoms with van der Waals surface area (Å²) in [5.74, 6) is 0.656. The molecule has 1 fully saturated rings. The molecule has 0 saturated heterocycles. The van der Waals surface area contributed by atoms with Crippen LogP contribution in [-0.4, -0.2) is 25.3 Å². The van der Waals surface area contributed by atoms with Gasteiger partial charge in [0.15, 0.2) is 18.1 Å². The second-order valence-electron chi connectivity index (χ2n) is 7.34. The summed E-state index contributed by atoms with van der Waals surface area (Å²) in [6.45, 7) is 0.213. The van der Waals surface area contributed by atoms with Crippen LogP contribution in [-0.2, 0) is 26.3 Å². The summed E-state index contributed by atoms with van der Waals surface area (Å²) >= 11 is 5.98. The summed E-state index contributed by atoms with van der Waals surface area (Å²) in [6.07, 6.45) is 3.33. The van der Waals surface area contributed by atoms with E-state index in [4.69, 9.17) is 25.8 Å². The molecule has 7 heteroatoms. The molecular formula is C22H22ClNO5. The number of amides is 1. The number of carbonyl (C=O) groups excluding carboxylic acids is 2. The molecule has 152 valence electrons. The standard InChI is InChI=1S/C22H22ClNO5/c23-17-6-4-16(5-7-17)22(9-1-2-10-22)21(26)27-13-20(25)24-12-15-3-8-18-19(11-15)29-14-28-18/h3-8,11H,1-2,9-10,12-14H2,(H,24,25). The molecule has 0 aromatic heterocycles. The van der Waals surface area contributed by atoms with Crippen molar-refractivity contribution in [1.29, 1.82) is 0 Å². The number of carbonyl (C=O) groups is 2. The summed E-state index contributed by atoms with van der Waals surface area (Å²) in [4.78, 5) is 25.1. The van der Waals surface area contributed by atoms with Gasteiger partial charge in [0.1, 0.15) is 0 Å². The van der Waals surface area contributed by atoms with Gasteiger partial charge in [0.05, 0.1) is 5.41 Å². The van der Waals surface area contributed by atoms with Gasteiger partial charge in [-0.25, -0.2) is 0 Å². The average Bonchev–Trinajstić information content (AvgIpc) is 3.40. The Bertz CT molecular complexity index is 906. The average molecular weight is 416 g/mol. The zero-order valence-electron chi connectivity index (χ0n) is 15.9. The SMILES string of the molecule is O=C(COC(=O)C1(c2ccc(Cl)cc2)CCCC1)NCc1ccc2c(c1)OCO2. The maximum Gasteiger partial charge on any atom is 0.317 e. The number of fused-ring (bicyclic) bond motifs is 1. The molecule has 4 rings (SSSR count). The number of ether oxygens (including phenoxy) is 3. The van der Waals surface area contributed by atoms with Crippen molar-refractivity contribution in [2.24, 2.45) is 0 Å². The summed E-state index contributed by atoms with van der Waals surface area (Å²) in [5, 5.41) is 3.39. The van der Waals surface area contributed by atoms with Crippen LogP contribution in [0.1, 0.15) is 36.8 Å². The highest BCUT2D eigenvalue weighted by Gasteiger charge is 2.44. The monoisotopic (exact) mass is 415 g/mol. The smallest absolute Gasteiger partial charge is 0.317 e. The molecule has 0 unspecified atom stereocenters. The van der Waals surface area contributed by atoms with Crippen molar-refractivity contribution in [3.63, 3.8) is 0 Å². The Balaban J connectivity index is 1.33. The molecule has 2 aliphatic rings. The van der Waals surface area contributed by atoms with E-state index in [9.17, 15) is 9.59 Å². The zero-order chi connectivity index (χ0) is 20.3. The highest BCUT2D eigenvalue weighted by atomic mass is 35.5. The lowest BCUT2D eigenvalue weighted by Crippen LogP contribution is -2.37. The van der Waals surface area contributed by atoms with Crippen LogP contribution in [0.3, 0.4) is 0 Å². The molecule has 0 radical (unpaired) electrons. The van der Waals surface area contributed by atoms with Gasteiger partial charge in [-0.15, -0.1) is 0 Å². The molecule has 1 amide bonds. The molecule has 1 aliphatic heterocycles. The summed E-state index contributed by atoms with van der Waals surface area (Å²) in [7, 11) is 0. The van der Waals surface area contributed by atoms with Gasteiger partial charge in [0, 0.05) is 11.6 Å². The Morgan fingerprint density at radius 1 is 1.03 bits per heavy atom. The molecule has 1 N–H and O–H groups in total. The summed E-state index contributed by atoms with van der Waals surface area (Å²) in [5.41, 5.74) is 1.08. The minimum atomic E-state index is -0.692. The highest BCUT2D eigenvalue weighted by molar-refractivity contribution is 6.30. The van der Waals surface area contributed by atoms with E-state index in [0.717, 1.165) is 24.0 Å². The highest BCUT2D eigenvalue weighted by Crippen LogP contribution is 2.42. The Kier molecular flexibility index (Phi) is 5.62. The van der Waals surface area contributed by atoms with E-state index in [0.29, 0.717) is 35.9 Å². The van der Waals surface area contributed by atoms with Crippen molar-refractivity contribution in [3.05, 3.63) is 58.6 Å². The molecule has 29 heavy (non-hydrogen) atoms. The van der Waals surface area contributed by atoms with Crippen molar-refractivity contribution >= 4 is 23.5 Å². The molecule has 0 bridgehead atoms. The number of nitrogens with one attached hydrogen (secondary N) is 1. The second-order valence-corrected chi connectivity index (χ2v) is 7.77. The van der Waals surface area contributed by atoms with Crippen molar-refractivity contribution in [2.45, 2.75) is 37.6 Å². The van der Waals surface area contributed by atoms with Crippen LogP contribution in [0.5, 0.6) is 11.5 Å². The van der Waals surface area contributed by atoms with E-state index in [1.807, 2.05) is 24.3 Å². The number of benzene rings is 2. The van der Waals surface area contributed by atoms with Gasteiger partial charge < -0.3 is 19.5 Å². The van der Waals surface area contributed by atoms with Crippen LogP contribution in [0.25, 0.3) is 0 Å². The van der Waals surface area contributed by atoms with Gasteiger partial charge in [-0.2, -0.15) is 0 Å². The molecule has 6 nitrogen and oxygen atoms in total. The van der Waals surface area contributed by atoms with Gasteiger partial charge in [0.2, 0.25) is 6.79 Å². The Hall–Kier alpha value is -2.73. The van der Waals surface area contributed by atoms with Gasteiger partial charge in [-0.1, -0.05) is 42.6 Å². The molecule has 1 heterocycles. The first-order chi connectivity index (χ1) is 14.1. The quantitative estimate of drug-likeness (QED) is 0.727. The topological polar surface area (TPSA) is 73.9 Å². The van der Waals surface area contributed by atoms with Crippen molar-refractivity contribution in [1.82, 2.24) is 5.32 Å². The van der Waals surface area contributed by atoms with E-state index in [2.05, 4.69) is 5.32 Å². The van der Waals surface area contributed by atoms with Crippen LogP contribution in [0.4, 0.5) is 0 Å².